The summed E-state index contributed by atoms with van der Waals surface area (Å²) in [4.78, 5) is 24.7. The first kappa shape index (κ1) is 55.9. The maximum Gasteiger partial charge on any atom is 0.252 e. The van der Waals surface area contributed by atoms with Crippen molar-refractivity contribution in [3.63, 3.8) is 0 Å². The van der Waals surface area contributed by atoms with Gasteiger partial charge in [-0.05, 0) is 157 Å². The topological polar surface area (TPSA) is 54.4 Å². The van der Waals surface area contributed by atoms with E-state index >= 15 is 0 Å². The Bertz CT molecular complexity index is 5360. The van der Waals surface area contributed by atoms with E-state index in [9.17, 15) is 0 Å². The Labute approximate surface area is 557 Å². The van der Waals surface area contributed by atoms with Gasteiger partial charge in [0.2, 0.25) is 0 Å². The summed E-state index contributed by atoms with van der Waals surface area (Å²) in [5.74, 6) is 1.63. The Kier molecular flexibility index (Phi) is 13.6. The molecule has 14 aromatic carbocycles. The Morgan fingerprint density at radius 1 is 0.271 bits per heavy atom. The summed E-state index contributed by atoms with van der Waals surface area (Å²) in [7, 11) is 0. The van der Waals surface area contributed by atoms with E-state index in [0.717, 1.165) is 134 Å². The van der Waals surface area contributed by atoms with E-state index in [1.165, 1.54) is 16.4 Å². The SMILES string of the molecule is [C-]#[N+]c1ccc(-c2nc(-c3ccccc3)nc(-c3ccccc3)n2)c(-n2c3ccccc3c3cc(-c4cc5c6c(c4)N(c4cc(-c7ccccc7)cc(-c7ccccc7)c4)c4ccccc4B6c4ccccc4N5c4cc(-c5ccccc5)cc(-c5ccccc5)c4)ccc32)c1. The quantitative estimate of drug-likeness (QED) is 0.0954. The van der Waals surface area contributed by atoms with Crippen molar-refractivity contribution in [1.29, 1.82) is 0 Å². The van der Waals surface area contributed by atoms with Crippen LogP contribution in [0.4, 0.5) is 39.8 Å². The zero-order chi connectivity index (χ0) is 63.6. The minimum absolute atomic E-state index is 0.112. The van der Waals surface area contributed by atoms with Crippen LogP contribution in [0, 0.1) is 6.57 Å². The molecule has 2 aliphatic rings. The molecule has 0 bridgehead atoms. The van der Waals surface area contributed by atoms with E-state index in [4.69, 9.17) is 21.5 Å². The molecule has 8 heteroatoms. The first-order chi connectivity index (χ1) is 47.5. The minimum Gasteiger partial charge on any atom is -0.311 e. The van der Waals surface area contributed by atoms with Gasteiger partial charge in [-0.2, -0.15) is 0 Å². The lowest BCUT2D eigenvalue weighted by molar-refractivity contribution is 1.06. The molecular formula is C88H56BN7. The maximum absolute atomic E-state index is 8.39. The molecule has 0 N–H and O–H groups in total. The number of nitrogens with zero attached hydrogens (tertiary/aromatic N) is 7. The highest BCUT2D eigenvalue weighted by atomic mass is 15.2. The van der Waals surface area contributed by atoms with E-state index in [0.29, 0.717) is 23.2 Å². The maximum atomic E-state index is 8.39. The number of para-hydroxylation sites is 3. The van der Waals surface area contributed by atoms with E-state index in [1.54, 1.807) is 0 Å². The summed E-state index contributed by atoms with van der Waals surface area (Å²) < 4.78 is 2.29. The van der Waals surface area contributed by atoms with Crippen LogP contribution in [0.3, 0.4) is 0 Å². The molecule has 0 aliphatic carbocycles. The third-order valence-electron chi connectivity index (χ3n) is 19.0. The van der Waals surface area contributed by atoms with Crippen molar-refractivity contribution in [2.24, 2.45) is 0 Å². The fraction of sp³-hybridized carbons (Fsp3) is 0. The van der Waals surface area contributed by atoms with Gasteiger partial charge < -0.3 is 14.4 Å². The van der Waals surface area contributed by atoms with E-state index in [-0.39, 0.29) is 6.71 Å². The van der Waals surface area contributed by atoms with Gasteiger partial charge in [0.05, 0.1) is 17.6 Å². The molecule has 16 aromatic rings. The molecule has 0 fully saturated rings. The predicted octanol–water partition coefficient (Wildman–Crippen LogP) is 20.9. The molecule has 0 spiro atoms. The molecule has 0 amide bonds. The highest BCUT2D eigenvalue weighted by Gasteiger charge is 2.44. The summed E-state index contributed by atoms with van der Waals surface area (Å²) in [5, 5.41) is 2.13. The second-order valence-electron chi connectivity index (χ2n) is 24.6. The molecule has 4 heterocycles. The van der Waals surface area contributed by atoms with Crippen LogP contribution >= 0.6 is 0 Å². The van der Waals surface area contributed by atoms with Gasteiger partial charge >= 0.3 is 0 Å². The van der Waals surface area contributed by atoms with Crippen LogP contribution in [-0.2, 0) is 0 Å². The number of hydrogen-bond acceptors (Lipinski definition) is 5. The van der Waals surface area contributed by atoms with Crippen LogP contribution in [0.15, 0.2) is 340 Å². The molecule has 96 heavy (non-hydrogen) atoms. The largest absolute Gasteiger partial charge is 0.311 e. The Hall–Kier alpha value is -13.0. The lowest BCUT2D eigenvalue weighted by atomic mass is 9.33. The molecule has 0 atom stereocenters. The zero-order valence-corrected chi connectivity index (χ0v) is 52.0. The third kappa shape index (κ3) is 9.64. The normalized spacial score (nSPS) is 12.1. The van der Waals surface area contributed by atoms with Crippen molar-refractivity contribution in [2.45, 2.75) is 0 Å². The molecule has 2 aromatic heterocycles. The number of aromatic nitrogens is 4. The van der Waals surface area contributed by atoms with Gasteiger partial charge in [-0.15, -0.1) is 0 Å². The fourth-order valence-electron chi connectivity index (χ4n) is 14.6. The number of hydrogen-bond donors (Lipinski definition) is 0. The molecule has 0 saturated carbocycles. The van der Waals surface area contributed by atoms with E-state index < -0.39 is 0 Å². The number of benzene rings is 14. The smallest absolute Gasteiger partial charge is 0.252 e. The van der Waals surface area contributed by atoms with Crippen LogP contribution < -0.4 is 26.2 Å². The van der Waals surface area contributed by atoms with Crippen molar-refractivity contribution >= 4 is 84.7 Å². The fourth-order valence-corrected chi connectivity index (χ4v) is 14.6. The highest BCUT2D eigenvalue weighted by molar-refractivity contribution is 7.00. The molecule has 0 unspecified atom stereocenters. The molecular weight excluding hydrogens is 1170 g/mol. The molecule has 18 rings (SSSR count). The summed E-state index contributed by atoms with van der Waals surface area (Å²) in [6, 6.07) is 122. The molecule has 0 saturated heterocycles. The van der Waals surface area contributed by atoms with Gasteiger partial charge in [0.15, 0.2) is 23.2 Å². The van der Waals surface area contributed by atoms with Crippen LogP contribution in [0.5, 0.6) is 0 Å². The standard InChI is InChI=1S/C88H56BN7/c1-90-70-45-46-74(88-92-86(62-34-16-6-17-35-62)91-87(93-88)63-36-18-7-19-37-63)82(57-70)96-78-41-23-20-38-73(78)75-54-64(44-47-79(75)96)69-55-83-85-84(56-69)95(72-52-67(60-30-12-4-13-31-60)49-68(53-72)61-32-14-5-15-33-61)81-43-25-22-40-77(81)89(85)76-39-21-24-42-80(76)94(83)71-50-65(58-26-8-2-9-27-58)48-66(51-71)59-28-10-3-11-29-59/h2-57H. The molecule has 2 aliphatic heterocycles. The van der Waals surface area contributed by atoms with Crippen molar-refractivity contribution in [1.82, 2.24) is 19.5 Å². The first-order valence-electron chi connectivity index (χ1n) is 32.5. The van der Waals surface area contributed by atoms with Gasteiger partial charge in [0.25, 0.3) is 6.71 Å². The van der Waals surface area contributed by atoms with Gasteiger partial charge in [-0.25, -0.2) is 19.8 Å². The van der Waals surface area contributed by atoms with E-state index in [2.05, 4.69) is 280 Å². The van der Waals surface area contributed by atoms with Crippen molar-refractivity contribution < 1.29 is 0 Å². The Morgan fingerprint density at radius 2 is 0.667 bits per heavy atom. The monoisotopic (exact) mass is 1220 g/mol. The number of fused-ring (bicyclic) bond motifs is 7. The lowest BCUT2D eigenvalue weighted by Gasteiger charge is -2.44. The van der Waals surface area contributed by atoms with Crippen molar-refractivity contribution in [3.05, 3.63) is 351 Å². The minimum atomic E-state index is -0.112. The zero-order valence-electron chi connectivity index (χ0n) is 52.0. The second-order valence-corrected chi connectivity index (χ2v) is 24.6. The summed E-state index contributed by atoms with van der Waals surface area (Å²) in [5.41, 5.74) is 27.3. The Balaban J connectivity index is 0.900. The van der Waals surface area contributed by atoms with Crippen molar-refractivity contribution in [2.75, 3.05) is 9.80 Å². The number of rotatable bonds is 11. The Morgan fingerprint density at radius 3 is 1.14 bits per heavy atom. The predicted molar refractivity (Wildman–Crippen MR) is 398 cm³/mol. The molecule has 0 radical (unpaired) electrons. The van der Waals surface area contributed by atoms with Gasteiger partial charge in [-0.1, -0.05) is 255 Å². The first-order valence-corrected chi connectivity index (χ1v) is 32.5. The average Bonchev–Trinajstić information content (AvgIpc) is 0.827. The molecule has 446 valence electrons. The van der Waals surface area contributed by atoms with E-state index in [1.807, 2.05) is 78.9 Å². The highest BCUT2D eigenvalue weighted by Crippen LogP contribution is 2.50. The third-order valence-corrected chi connectivity index (χ3v) is 19.0. The van der Waals surface area contributed by atoms with Crippen LogP contribution in [0.2, 0.25) is 0 Å². The summed E-state index contributed by atoms with van der Waals surface area (Å²) in [6.45, 7) is 8.27. The van der Waals surface area contributed by atoms with Gasteiger partial charge in [-0.3, -0.25) is 0 Å². The summed E-state index contributed by atoms with van der Waals surface area (Å²) in [6.07, 6.45) is 0. The second kappa shape index (κ2) is 23.3. The number of anilines is 6. The van der Waals surface area contributed by atoms with Crippen LogP contribution in [0.25, 0.3) is 122 Å². The van der Waals surface area contributed by atoms with Crippen LogP contribution in [-0.4, -0.2) is 26.2 Å². The lowest BCUT2D eigenvalue weighted by Crippen LogP contribution is -2.61. The van der Waals surface area contributed by atoms with Gasteiger partial charge in [0.1, 0.15) is 0 Å². The molecule has 7 nitrogen and oxygen atoms in total. The van der Waals surface area contributed by atoms with Gasteiger partial charge in [0, 0.05) is 67.3 Å². The van der Waals surface area contributed by atoms with Crippen LogP contribution in [0.1, 0.15) is 0 Å². The summed E-state index contributed by atoms with van der Waals surface area (Å²) >= 11 is 0. The van der Waals surface area contributed by atoms with Crippen molar-refractivity contribution in [3.8, 4) is 95.5 Å². The average molecular weight is 1220 g/mol.